The van der Waals surface area contributed by atoms with Crippen molar-refractivity contribution in [2.24, 2.45) is 5.92 Å². The Balaban J connectivity index is 2.21. The standard InChI is InChI=1S/C11H13NO4/c13-9-3-1-2-7(10(9)14)8-4-6(5-12-8)11(15)16/h1-3,6,8,12-14H,4-5H2,(H,15,16). The van der Waals surface area contributed by atoms with Crippen LogP contribution in [0, 0.1) is 5.92 Å². The summed E-state index contributed by atoms with van der Waals surface area (Å²) < 4.78 is 0. The summed E-state index contributed by atoms with van der Waals surface area (Å²) in [6.45, 7) is 0.384. The summed E-state index contributed by atoms with van der Waals surface area (Å²) in [5, 5.41) is 30.9. The Morgan fingerprint density at radius 2 is 2.12 bits per heavy atom. The minimum absolute atomic E-state index is 0.175. The maximum atomic E-state index is 10.8. The average molecular weight is 223 g/mol. The predicted octanol–water partition coefficient (Wildman–Crippen LogP) is 0.833. The lowest BCUT2D eigenvalue weighted by Crippen LogP contribution is -2.17. The number of carbonyl (C=O) groups is 1. The number of nitrogens with one attached hydrogen (secondary N) is 1. The number of phenols is 2. The van der Waals surface area contributed by atoms with Crippen LogP contribution in [0.25, 0.3) is 0 Å². The van der Waals surface area contributed by atoms with E-state index in [4.69, 9.17) is 5.11 Å². The third-order valence-electron chi connectivity index (χ3n) is 2.90. The van der Waals surface area contributed by atoms with Gasteiger partial charge in [-0.05, 0) is 12.5 Å². The number of carboxylic acid groups (broad SMARTS) is 1. The molecule has 5 heteroatoms. The van der Waals surface area contributed by atoms with E-state index in [1.807, 2.05) is 0 Å². The van der Waals surface area contributed by atoms with E-state index in [1.165, 1.54) is 6.07 Å². The molecule has 1 aliphatic heterocycles. The highest BCUT2D eigenvalue weighted by molar-refractivity contribution is 5.71. The summed E-state index contributed by atoms with van der Waals surface area (Å²) in [6, 6.07) is 4.48. The van der Waals surface area contributed by atoms with E-state index in [1.54, 1.807) is 12.1 Å². The van der Waals surface area contributed by atoms with Gasteiger partial charge in [-0.2, -0.15) is 0 Å². The van der Waals surface area contributed by atoms with Crippen LogP contribution in [0.15, 0.2) is 18.2 Å². The number of aromatic hydroxyl groups is 2. The smallest absolute Gasteiger partial charge is 0.307 e. The molecular weight excluding hydrogens is 210 g/mol. The highest BCUT2D eigenvalue weighted by Crippen LogP contribution is 2.37. The Labute approximate surface area is 92.3 Å². The molecule has 0 aliphatic carbocycles. The van der Waals surface area contributed by atoms with Gasteiger partial charge in [0.2, 0.25) is 0 Å². The quantitative estimate of drug-likeness (QED) is 0.558. The van der Waals surface area contributed by atoms with Gasteiger partial charge >= 0.3 is 5.97 Å². The number of phenolic OH excluding ortho intramolecular Hbond substituents is 2. The van der Waals surface area contributed by atoms with Crippen molar-refractivity contribution >= 4 is 5.97 Å². The monoisotopic (exact) mass is 223 g/mol. The summed E-state index contributed by atoms with van der Waals surface area (Å²) in [5.41, 5.74) is 0.545. The zero-order chi connectivity index (χ0) is 11.7. The molecule has 1 aromatic carbocycles. The van der Waals surface area contributed by atoms with Crippen molar-refractivity contribution in [3.63, 3.8) is 0 Å². The molecule has 2 rings (SSSR count). The molecular formula is C11H13NO4. The van der Waals surface area contributed by atoms with E-state index >= 15 is 0 Å². The van der Waals surface area contributed by atoms with Gasteiger partial charge in [0.1, 0.15) is 0 Å². The van der Waals surface area contributed by atoms with Gasteiger partial charge < -0.3 is 20.6 Å². The maximum Gasteiger partial charge on any atom is 0.307 e. The number of benzene rings is 1. The third-order valence-corrected chi connectivity index (χ3v) is 2.90. The molecule has 0 bridgehead atoms. The molecule has 4 N–H and O–H groups in total. The van der Waals surface area contributed by atoms with Crippen LogP contribution in [-0.2, 0) is 4.79 Å². The minimum atomic E-state index is -0.838. The molecule has 16 heavy (non-hydrogen) atoms. The van der Waals surface area contributed by atoms with Gasteiger partial charge in [-0.25, -0.2) is 0 Å². The fraction of sp³-hybridized carbons (Fsp3) is 0.364. The van der Waals surface area contributed by atoms with Crippen molar-refractivity contribution in [1.29, 1.82) is 0 Å². The van der Waals surface area contributed by atoms with E-state index in [2.05, 4.69) is 5.32 Å². The molecule has 1 fully saturated rings. The molecule has 2 unspecified atom stereocenters. The van der Waals surface area contributed by atoms with Crippen LogP contribution in [0.2, 0.25) is 0 Å². The zero-order valence-corrected chi connectivity index (χ0v) is 8.55. The molecule has 1 aromatic rings. The Hall–Kier alpha value is -1.75. The average Bonchev–Trinajstić information content (AvgIpc) is 2.71. The van der Waals surface area contributed by atoms with Gasteiger partial charge in [-0.15, -0.1) is 0 Å². The van der Waals surface area contributed by atoms with Gasteiger partial charge in [-0.1, -0.05) is 12.1 Å². The lowest BCUT2D eigenvalue weighted by Gasteiger charge is -2.12. The lowest BCUT2D eigenvalue weighted by atomic mass is 9.99. The van der Waals surface area contributed by atoms with Crippen molar-refractivity contribution in [3.05, 3.63) is 23.8 Å². The fourth-order valence-corrected chi connectivity index (χ4v) is 1.99. The highest BCUT2D eigenvalue weighted by atomic mass is 16.4. The second-order valence-electron chi connectivity index (χ2n) is 3.95. The van der Waals surface area contributed by atoms with Crippen LogP contribution >= 0.6 is 0 Å². The first-order valence-corrected chi connectivity index (χ1v) is 5.06. The number of rotatable bonds is 2. The van der Waals surface area contributed by atoms with Crippen LogP contribution < -0.4 is 5.32 Å². The van der Waals surface area contributed by atoms with Crippen LogP contribution in [0.4, 0.5) is 0 Å². The maximum absolute atomic E-state index is 10.8. The summed E-state index contributed by atoms with van der Waals surface area (Å²) in [4.78, 5) is 10.8. The Kier molecular flexibility index (Phi) is 2.70. The van der Waals surface area contributed by atoms with Gasteiger partial charge in [0.05, 0.1) is 5.92 Å². The number of hydrogen-bond donors (Lipinski definition) is 4. The molecule has 1 heterocycles. The molecule has 1 aliphatic rings. The van der Waals surface area contributed by atoms with Crippen LogP contribution in [0.5, 0.6) is 11.5 Å². The molecule has 0 amide bonds. The van der Waals surface area contributed by atoms with E-state index in [-0.39, 0.29) is 17.5 Å². The Morgan fingerprint density at radius 1 is 1.38 bits per heavy atom. The van der Waals surface area contributed by atoms with E-state index < -0.39 is 11.9 Å². The van der Waals surface area contributed by atoms with Crippen molar-refractivity contribution < 1.29 is 20.1 Å². The first-order valence-electron chi connectivity index (χ1n) is 5.06. The molecule has 0 spiro atoms. The van der Waals surface area contributed by atoms with Gasteiger partial charge in [0, 0.05) is 18.2 Å². The van der Waals surface area contributed by atoms with Crippen LogP contribution in [0.3, 0.4) is 0 Å². The largest absolute Gasteiger partial charge is 0.504 e. The first kappa shape index (κ1) is 10.8. The minimum Gasteiger partial charge on any atom is -0.504 e. The molecule has 0 saturated carbocycles. The van der Waals surface area contributed by atoms with Gasteiger partial charge in [0.25, 0.3) is 0 Å². The third kappa shape index (κ3) is 1.81. The first-order chi connectivity index (χ1) is 7.59. The van der Waals surface area contributed by atoms with E-state index in [9.17, 15) is 15.0 Å². The fourth-order valence-electron chi connectivity index (χ4n) is 1.99. The van der Waals surface area contributed by atoms with Crippen molar-refractivity contribution in [3.8, 4) is 11.5 Å². The normalized spacial score (nSPS) is 24.5. The van der Waals surface area contributed by atoms with Crippen molar-refractivity contribution in [1.82, 2.24) is 5.32 Å². The topological polar surface area (TPSA) is 89.8 Å². The molecule has 2 atom stereocenters. The predicted molar refractivity (Wildman–Crippen MR) is 56.3 cm³/mol. The van der Waals surface area contributed by atoms with Gasteiger partial charge in [0.15, 0.2) is 11.5 Å². The van der Waals surface area contributed by atoms with Crippen molar-refractivity contribution in [2.45, 2.75) is 12.5 Å². The van der Waals surface area contributed by atoms with Crippen molar-refractivity contribution in [2.75, 3.05) is 6.54 Å². The second-order valence-corrected chi connectivity index (χ2v) is 3.95. The highest BCUT2D eigenvalue weighted by Gasteiger charge is 2.31. The van der Waals surface area contributed by atoms with Crippen LogP contribution in [0.1, 0.15) is 18.0 Å². The number of aliphatic carboxylic acids is 1. The summed E-state index contributed by atoms with van der Waals surface area (Å²) in [6.07, 6.45) is 0.423. The molecule has 1 saturated heterocycles. The number of hydrogen-bond acceptors (Lipinski definition) is 4. The van der Waals surface area contributed by atoms with Crippen LogP contribution in [-0.4, -0.2) is 27.8 Å². The van der Waals surface area contributed by atoms with E-state index in [0.717, 1.165) is 0 Å². The molecule has 0 radical (unpaired) electrons. The summed E-state index contributed by atoms with van der Waals surface area (Å²) >= 11 is 0. The number of carboxylic acids is 1. The second kappa shape index (κ2) is 4.02. The zero-order valence-electron chi connectivity index (χ0n) is 8.55. The lowest BCUT2D eigenvalue weighted by molar-refractivity contribution is -0.141. The summed E-state index contributed by atoms with van der Waals surface area (Å²) in [7, 11) is 0. The summed E-state index contributed by atoms with van der Waals surface area (Å²) in [5.74, 6) is -1.63. The van der Waals surface area contributed by atoms with Gasteiger partial charge in [-0.3, -0.25) is 4.79 Å². The molecule has 86 valence electrons. The number of para-hydroxylation sites is 1. The Morgan fingerprint density at radius 3 is 2.75 bits per heavy atom. The molecule has 0 aromatic heterocycles. The Bertz CT molecular complexity index is 418. The SMILES string of the molecule is O=C(O)C1CNC(c2cccc(O)c2O)C1. The van der Waals surface area contributed by atoms with E-state index in [0.29, 0.717) is 18.5 Å². The molecule has 5 nitrogen and oxygen atoms in total.